The second kappa shape index (κ2) is 6.60. The molecule has 0 saturated carbocycles. The third-order valence-corrected chi connectivity index (χ3v) is 5.08. The van der Waals surface area contributed by atoms with Crippen molar-refractivity contribution in [1.82, 2.24) is 0 Å². The van der Waals surface area contributed by atoms with Crippen molar-refractivity contribution >= 4 is 0 Å². The minimum absolute atomic E-state index is 1.07. The Labute approximate surface area is 144 Å². The van der Waals surface area contributed by atoms with Gasteiger partial charge in [0.2, 0.25) is 5.69 Å². The minimum Gasteiger partial charge on any atom is -0.198 e. The van der Waals surface area contributed by atoms with Crippen molar-refractivity contribution in [3.63, 3.8) is 0 Å². The van der Waals surface area contributed by atoms with Crippen LogP contribution in [0.3, 0.4) is 0 Å². The highest BCUT2D eigenvalue weighted by molar-refractivity contribution is 5.79. The summed E-state index contributed by atoms with van der Waals surface area (Å²) < 4.78 is 2.41. The number of benzene rings is 2. The van der Waals surface area contributed by atoms with Gasteiger partial charge in [0, 0.05) is 18.6 Å². The number of pyridine rings is 1. The molecule has 0 fully saturated rings. The number of aryl methyl sites for hydroxylation is 2. The van der Waals surface area contributed by atoms with E-state index in [4.69, 9.17) is 0 Å². The normalized spacial score (nSPS) is 12.5. The highest BCUT2D eigenvalue weighted by Crippen LogP contribution is 2.37. The molecule has 2 aromatic carbocycles. The summed E-state index contributed by atoms with van der Waals surface area (Å²) in [5, 5.41) is 0. The van der Waals surface area contributed by atoms with Crippen LogP contribution in [0.1, 0.15) is 30.9 Å². The van der Waals surface area contributed by atoms with Gasteiger partial charge in [-0.2, -0.15) is 4.57 Å². The highest BCUT2D eigenvalue weighted by atomic mass is 15.0. The molecule has 1 aliphatic heterocycles. The Morgan fingerprint density at radius 3 is 2.58 bits per heavy atom. The number of hydrogen-bond donors (Lipinski definition) is 0. The van der Waals surface area contributed by atoms with Crippen molar-refractivity contribution in [3.05, 3.63) is 78.0 Å². The summed E-state index contributed by atoms with van der Waals surface area (Å²) in [6, 6.07) is 22.1. The molecule has 0 N–H and O–H groups in total. The van der Waals surface area contributed by atoms with E-state index < -0.39 is 0 Å². The Kier molecular flexibility index (Phi) is 4.17. The molecule has 0 bridgehead atoms. The largest absolute Gasteiger partial charge is 0.213 e. The van der Waals surface area contributed by atoms with Crippen molar-refractivity contribution in [3.8, 4) is 22.4 Å². The van der Waals surface area contributed by atoms with Crippen LogP contribution in [0.15, 0.2) is 66.9 Å². The van der Waals surface area contributed by atoms with Gasteiger partial charge in [-0.1, -0.05) is 55.8 Å². The van der Waals surface area contributed by atoms with E-state index in [9.17, 15) is 0 Å². The van der Waals surface area contributed by atoms with Crippen molar-refractivity contribution < 1.29 is 4.57 Å². The molecular formula is C23H24N+. The first kappa shape index (κ1) is 15.1. The number of unbranched alkanes of at least 4 members (excludes halogenated alkanes) is 1. The standard InChI is InChI=1S/C23H24N/c1-2-3-9-19-13-14-20(18-10-5-4-6-11-18)21-15-17-24-16-8-7-12-22(24)23(19)21/h4-8,10-14,16H,2-3,9,15,17H2,1H3/q+1. The summed E-state index contributed by atoms with van der Waals surface area (Å²) in [5.41, 5.74) is 8.63. The van der Waals surface area contributed by atoms with Gasteiger partial charge < -0.3 is 0 Å². The molecule has 1 aromatic heterocycles. The second-order valence-corrected chi connectivity index (χ2v) is 6.62. The van der Waals surface area contributed by atoms with Gasteiger partial charge >= 0.3 is 0 Å². The molecule has 24 heavy (non-hydrogen) atoms. The van der Waals surface area contributed by atoms with Crippen molar-refractivity contribution in [2.45, 2.75) is 39.2 Å². The van der Waals surface area contributed by atoms with E-state index in [-0.39, 0.29) is 0 Å². The van der Waals surface area contributed by atoms with Crippen LogP contribution in [0, 0.1) is 0 Å². The number of fused-ring (bicyclic) bond motifs is 3. The van der Waals surface area contributed by atoms with Crippen LogP contribution in [0.25, 0.3) is 22.4 Å². The van der Waals surface area contributed by atoms with Gasteiger partial charge in [-0.3, -0.25) is 0 Å². The fraction of sp³-hybridized carbons (Fsp3) is 0.261. The van der Waals surface area contributed by atoms with Crippen LogP contribution in [0.4, 0.5) is 0 Å². The molecule has 0 aliphatic carbocycles. The van der Waals surface area contributed by atoms with E-state index in [1.165, 1.54) is 52.8 Å². The predicted octanol–water partition coefficient (Wildman–Crippen LogP) is 5.21. The summed E-state index contributed by atoms with van der Waals surface area (Å²) in [5.74, 6) is 0. The predicted molar refractivity (Wildman–Crippen MR) is 99.8 cm³/mol. The third-order valence-electron chi connectivity index (χ3n) is 5.08. The number of hydrogen-bond acceptors (Lipinski definition) is 0. The van der Waals surface area contributed by atoms with Gasteiger partial charge in [-0.05, 0) is 41.2 Å². The van der Waals surface area contributed by atoms with E-state index in [2.05, 4.69) is 78.4 Å². The molecule has 120 valence electrons. The smallest absolute Gasteiger partial charge is 0.198 e. The van der Waals surface area contributed by atoms with Crippen molar-refractivity contribution in [2.24, 2.45) is 0 Å². The van der Waals surface area contributed by atoms with Gasteiger partial charge in [0.15, 0.2) is 12.7 Å². The van der Waals surface area contributed by atoms with E-state index in [0.29, 0.717) is 0 Å². The lowest BCUT2D eigenvalue weighted by Gasteiger charge is -2.21. The molecule has 0 spiro atoms. The van der Waals surface area contributed by atoms with E-state index in [1.54, 1.807) is 0 Å². The average Bonchev–Trinajstić information content (AvgIpc) is 2.66. The highest BCUT2D eigenvalue weighted by Gasteiger charge is 2.27. The van der Waals surface area contributed by atoms with Gasteiger partial charge in [0.25, 0.3) is 0 Å². The van der Waals surface area contributed by atoms with E-state index in [1.807, 2.05) is 0 Å². The lowest BCUT2D eigenvalue weighted by molar-refractivity contribution is -0.687. The van der Waals surface area contributed by atoms with Gasteiger partial charge in [0.1, 0.15) is 0 Å². The first-order valence-corrected chi connectivity index (χ1v) is 9.07. The molecule has 0 radical (unpaired) electrons. The molecule has 1 heteroatoms. The zero-order chi connectivity index (χ0) is 16.4. The number of nitrogens with zero attached hydrogens (tertiary/aromatic N) is 1. The SMILES string of the molecule is CCCCc1ccc(-c2ccccc2)c2c1-c1cccc[n+]1CC2. The van der Waals surface area contributed by atoms with Crippen LogP contribution in [-0.4, -0.2) is 0 Å². The maximum atomic E-state index is 2.41. The molecule has 0 amide bonds. The maximum Gasteiger partial charge on any atom is 0.213 e. The molecular weight excluding hydrogens is 290 g/mol. The molecule has 0 unspecified atom stereocenters. The summed E-state index contributed by atoms with van der Waals surface area (Å²) in [7, 11) is 0. The fourth-order valence-electron chi connectivity index (χ4n) is 3.87. The molecule has 3 aromatic rings. The van der Waals surface area contributed by atoms with Crippen LogP contribution >= 0.6 is 0 Å². The number of rotatable bonds is 4. The topological polar surface area (TPSA) is 3.88 Å². The summed E-state index contributed by atoms with van der Waals surface area (Å²) in [6.45, 7) is 3.34. The Morgan fingerprint density at radius 1 is 0.917 bits per heavy atom. The van der Waals surface area contributed by atoms with Crippen LogP contribution < -0.4 is 4.57 Å². The lowest BCUT2D eigenvalue weighted by atomic mass is 9.85. The zero-order valence-corrected chi connectivity index (χ0v) is 14.3. The van der Waals surface area contributed by atoms with Gasteiger partial charge in [0.05, 0.1) is 5.56 Å². The molecule has 1 aliphatic rings. The van der Waals surface area contributed by atoms with Crippen molar-refractivity contribution in [2.75, 3.05) is 0 Å². The van der Waals surface area contributed by atoms with Gasteiger partial charge in [-0.25, -0.2) is 0 Å². The number of aromatic nitrogens is 1. The molecule has 0 saturated heterocycles. The third kappa shape index (κ3) is 2.65. The van der Waals surface area contributed by atoms with Crippen molar-refractivity contribution in [1.29, 1.82) is 0 Å². The second-order valence-electron chi connectivity index (χ2n) is 6.62. The Hall–Kier alpha value is -2.41. The molecule has 4 rings (SSSR count). The lowest BCUT2D eigenvalue weighted by Crippen LogP contribution is -2.40. The maximum absolute atomic E-state index is 2.41. The Bertz CT molecular complexity index is 849. The molecule has 0 atom stereocenters. The van der Waals surface area contributed by atoms with E-state index >= 15 is 0 Å². The summed E-state index contributed by atoms with van der Waals surface area (Å²) >= 11 is 0. The van der Waals surface area contributed by atoms with Crippen LogP contribution in [0.5, 0.6) is 0 Å². The Balaban J connectivity index is 1.93. The first-order chi connectivity index (χ1) is 11.9. The monoisotopic (exact) mass is 314 g/mol. The van der Waals surface area contributed by atoms with Crippen LogP contribution in [0.2, 0.25) is 0 Å². The average molecular weight is 314 g/mol. The van der Waals surface area contributed by atoms with E-state index in [0.717, 1.165) is 13.0 Å². The summed E-state index contributed by atoms with van der Waals surface area (Å²) in [4.78, 5) is 0. The fourth-order valence-corrected chi connectivity index (χ4v) is 3.87. The quantitative estimate of drug-likeness (QED) is 0.582. The van der Waals surface area contributed by atoms with Gasteiger partial charge in [-0.15, -0.1) is 0 Å². The molecule has 1 nitrogen and oxygen atoms in total. The Morgan fingerprint density at radius 2 is 1.75 bits per heavy atom. The zero-order valence-electron chi connectivity index (χ0n) is 14.3. The summed E-state index contributed by atoms with van der Waals surface area (Å²) in [6.07, 6.45) is 7.00. The first-order valence-electron chi connectivity index (χ1n) is 9.07. The molecule has 2 heterocycles. The van der Waals surface area contributed by atoms with Crippen LogP contribution in [-0.2, 0) is 19.4 Å². The minimum atomic E-state index is 1.07.